The second-order valence-corrected chi connectivity index (χ2v) is 9.75. The van der Waals surface area contributed by atoms with Gasteiger partial charge in [0.05, 0.1) is 10.3 Å². The molecule has 0 aliphatic heterocycles. The third-order valence-electron chi connectivity index (χ3n) is 5.37. The van der Waals surface area contributed by atoms with E-state index in [0.717, 1.165) is 35.1 Å². The summed E-state index contributed by atoms with van der Waals surface area (Å²) < 4.78 is 28.3. The summed E-state index contributed by atoms with van der Waals surface area (Å²) in [4.78, 5) is 12.8. The zero-order valence-electron chi connectivity index (χ0n) is 17.1. The number of carbonyl (C=O) groups excluding carboxylic acids is 1. The molecule has 0 atom stereocenters. The Labute approximate surface area is 167 Å². The van der Waals surface area contributed by atoms with Crippen LogP contribution in [0.2, 0.25) is 0 Å². The third kappa shape index (κ3) is 3.92. The second-order valence-electron chi connectivity index (χ2n) is 8.10. The lowest BCUT2D eigenvalue weighted by atomic mass is 9.94. The Balaban J connectivity index is 1.81. The van der Waals surface area contributed by atoms with Gasteiger partial charge in [-0.2, -0.15) is 0 Å². The SMILES string of the molecule is Cc1cc(C)c(S(=O)(=O)Nc2ccc(C3(C(=O)NC(C)C)CC3)cc2)cc1C. The minimum atomic E-state index is -3.68. The van der Waals surface area contributed by atoms with E-state index in [0.29, 0.717) is 5.69 Å². The average Bonchev–Trinajstić information content (AvgIpc) is 3.39. The Hall–Kier alpha value is -2.34. The maximum Gasteiger partial charge on any atom is 0.262 e. The van der Waals surface area contributed by atoms with Crippen LogP contribution >= 0.6 is 0 Å². The molecule has 1 aliphatic carbocycles. The Kier molecular flexibility index (Phi) is 5.28. The van der Waals surface area contributed by atoms with E-state index < -0.39 is 15.4 Å². The molecule has 0 aromatic heterocycles. The van der Waals surface area contributed by atoms with Gasteiger partial charge in [-0.3, -0.25) is 9.52 Å². The van der Waals surface area contributed by atoms with E-state index in [4.69, 9.17) is 0 Å². The molecule has 2 aromatic rings. The van der Waals surface area contributed by atoms with Gasteiger partial charge in [0.15, 0.2) is 0 Å². The molecule has 2 aromatic carbocycles. The highest BCUT2D eigenvalue weighted by Gasteiger charge is 2.51. The van der Waals surface area contributed by atoms with Gasteiger partial charge in [-0.1, -0.05) is 18.2 Å². The maximum atomic E-state index is 12.8. The van der Waals surface area contributed by atoms with Gasteiger partial charge in [0, 0.05) is 11.7 Å². The molecular weight excluding hydrogens is 372 g/mol. The molecule has 3 rings (SSSR count). The average molecular weight is 401 g/mol. The smallest absolute Gasteiger partial charge is 0.262 e. The molecule has 0 radical (unpaired) electrons. The van der Waals surface area contributed by atoms with Gasteiger partial charge in [0.2, 0.25) is 5.91 Å². The lowest BCUT2D eigenvalue weighted by Gasteiger charge is -2.18. The van der Waals surface area contributed by atoms with E-state index in [-0.39, 0.29) is 16.8 Å². The summed E-state index contributed by atoms with van der Waals surface area (Å²) in [5.41, 5.74) is 3.67. The minimum absolute atomic E-state index is 0.0431. The zero-order chi connectivity index (χ0) is 20.7. The number of aryl methyl sites for hydroxylation is 3. The highest BCUT2D eigenvalue weighted by atomic mass is 32.2. The molecule has 1 fully saturated rings. The first-order chi connectivity index (χ1) is 13.0. The van der Waals surface area contributed by atoms with Gasteiger partial charge in [0.25, 0.3) is 10.0 Å². The van der Waals surface area contributed by atoms with Gasteiger partial charge in [-0.15, -0.1) is 0 Å². The van der Waals surface area contributed by atoms with Crippen LogP contribution in [0.5, 0.6) is 0 Å². The van der Waals surface area contributed by atoms with Crippen LogP contribution in [0.4, 0.5) is 5.69 Å². The standard InChI is InChI=1S/C22H28N2O3S/c1-14(2)23-21(25)22(10-11-22)18-6-8-19(9-7-18)24-28(26,27)20-13-16(4)15(3)12-17(20)5/h6-9,12-14,24H,10-11H2,1-5H3,(H,23,25). The molecule has 1 amide bonds. The van der Waals surface area contributed by atoms with Crippen LogP contribution in [-0.2, 0) is 20.2 Å². The number of hydrogen-bond donors (Lipinski definition) is 2. The summed E-state index contributed by atoms with van der Waals surface area (Å²) in [7, 11) is -3.68. The van der Waals surface area contributed by atoms with Gasteiger partial charge < -0.3 is 5.32 Å². The van der Waals surface area contributed by atoms with Crippen molar-refractivity contribution in [2.75, 3.05) is 4.72 Å². The van der Waals surface area contributed by atoms with Crippen LogP contribution < -0.4 is 10.0 Å². The van der Waals surface area contributed by atoms with E-state index in [2.05, 4.69) is 10.0 Å². The number of rotatable bonds is 6. The number of hydrogen-bond acceptors (Lipinski definition) is 3. The maximum absolute atomic E-state index is 12.8. The molecule has 0 unspecified atom stereocenters. The topological polar surface area (TPSA) is 75.3 Å². The number of sulfonamides is 1. The Morgan fingerprint density at radius 2 is 1.54 bits per heavy atom. The van der Waals surface area contributed by atoms with Gasteiger partial charge in [-0.25, -0.2) is 8.42 Å². The molecule has 0 bridgehead atoms. The molecule has 150 valence electrons. The van der Waals surface area contributed by atoms with E-state index in [1.165, 1.54) is 0 Å². The predicted molar refractivity (Wildman–Crippen MR) is 112 cm³/mol. The van der Waals surface area contributed by atoms with E-state index in [1.807, 2.05) is 45.9 Å². The lowest BCUT2D eigenvalue weighted by molar-refractivity contribution is -0.124. The Bertz CT molecular complexity index is 1000. The summed E-state index contributed by atoms with van der Waals surface area (Å²) in [6.45, 7) is 9.56. The van der Waals surface area contributed by atoms with Crippen molar-refractivity contribution >= 4 is 21.6 Å². The second kappa shape index (κ2) is 7.24. The van der Waals surface area contributed by atoms with E-state index in [9.17, 15) is 13.2 Å². The van der Waals surface area contributed by atoms with Crippen LogP contribution in [0.3, 0.4) is 0 Å². The predicted octanol–water partition coefficient (Wildman–Crippen LogP) is 3.97. The Morgan fingerprint density at radius 1 is 0.964 bits per heavy atom. The van der Waals surface area contributed by atoms with Gasteiger partial charge in [-0.05, 0) is 87.9 Å². The molecular formula is C22H28N2O3S. The fourth-order valence-corrected chi connectivity index (χ4v) is 4.83. The van der Waals surface area contributed by atoms with Crippen LogP contribution in [0, 0.1) is 20.8 Å². The molecule has 0 saturated heterocycles. The lowest BCUT2D eigenvalue weighted by Crippen LogP contribution is -2.38. The van der Waals surface area contributed by atoms with Crippen molar-refractivity contribution < 1.29 is 13.2 Å². The van der Waals surface area contributed by atoms with Crippen LogP contribution in [-0.4, -0.2) is 20.4 Å². The third-order valence-corrected chi connectivity index (χ3v) is 6.90. The van der Waals surface area contributed by atoms with Crippen LogP contribution in [0.1, 0.15) is 48.9 Å². The highest BCUT2D eigenvalue weighted by molar-refractivity contribution is 7.92. The van der Waals surface area contributed by atoms with Gasteiger partial charge >= 0.3 is 0 Å². The molecule has 5 nitrogen and oxygen atoms in total. The molecule has 28 heavy (non-hydrogen) atoms. The number of anilines is 1. The summed E-state index contributed by atoms with van der Waals surface area (Å²) >= 11 is 0. The monoisotopic (exact) mass is 400 g/mol. The summed E-state index contributed by atoms with van der Waals surface area (Å²) in [6.07, 6.45) is 1.64. The molecule has 6 heteroatoms. The van der Waals surface area contributed by atoms with Crippen LogP contribution in [0.25, 0.3) is 0 Å². The minimum Gasteiger partial charge on any atom is -0.353 e. The Morgan fingerprint density at radius 3 is 2.07 bits per heavy atom. The highest BCUT2D eigenvalue weighted by Crippen LogP contribution is 2.48. The van der Waals surface area contributed by atoms with Crippen molar-refractivity contribution in [2.45, 2.75) is 63.8 Å². The fraction of sp³-hybridized carbons (Fsp3) is 0.409. The summed E-state index contributed by atoms with van der Waals surface area (Å²) in [5, 5.41) is 2.98. The van der Waals surface area contributed by atoms with Gasteiger partial charge in [0.1, 0.15) is 0 Å². The normalized spacial score (nSPS) is 15.4. The zero-order valence-corrected chi connectivity index (χ0v) is 17.9. The fourth-order valence-electron chi connectivity index (χ4n) is 3.46. The molecule has 0 heterocycles. The number of benzene rings is 2. The first kappa shape index (κ1) is 20.4. The van der Waals surface area contributed by atoms with Crippen molar-refractivity contribution in [1.82, 2.24) is 5.32 Å². The quantitative estimate of drug-likeness (QED) is 0.770. The van der Waals surface area contributed by atoms with Crippen molar-refractivity contribution in [3.8, 4) is 0 Å². The first-order valence-corrected chi connectivity index (χ1v) is 11.1. The van der Waals surface area contributed by atoms with Crippen molar-refractivity contribution in [3.63, 3.8) is 0 Å². The molecule has 0 spiro atoms. The number of carbonyl (C=O) groups is 1. The molecule has 1 saturated carbocycles. The summed E-state index contributed by atoms with van der Waals surface area (Å²) in [6, 6.07) is 10.8. The van der Waals surface area contributed by atoms with Crippen LogP contribution in [0.15, 0.2) is 41.3 Å². The molecule has 2 N–H and O–H groups in total. The summed E-state index contributed by atoms with van der Waals surface area (Å²) in [5.74, 6) is 0.0431. The molecule has 1 aliphatic rings. The van der Waals surface area contributed by atoms with E-state index in [1.54, 1.807) is 25.1 Å². The largest absolute Gasteiger partial charge is 0.353 e. The van der Waals surface area contributed by atoms with E-state index >= 15 is 0 Å². The van der Waals surface area contributed by atoms with Crippen molar-refractivity contribution in [3.05, 3.63) is 58.7 Å². The first-order valence-electron chi connectivity index (χ1n) is 9.57. The van der Waals surface area contributed by atoms with Crippen molar-refractivity contribution in [2.24, 2.45) is 0 Å². The number of nitrogens with one attached hydrogen (secondary N) is 2. The van der Waals surface area contributed by atoms with Crippen molar-refractivity contribution in [1.29, 1.82) is 0 Å². The number of amides is 1.